The Hall–Kier alpha value is -0.0800. The van der Waals surface area contributed by atoms with Crippen molar-refractivity contribution in [3.63, 3.8) is 0 Å². The van der Waals surface area contributed by atoms with Crippen LogP contribution >= 0.6 is 0 Å². The summed E-state index contributed by atoms with van der Waals surface area (Å²) in [5, 5.41) is 19.3. The molecule has 0 aromatic carbocycles. The van der Waals surface area contributed by atoms with Crippen molar-refractivity contribution in [2.45, 2.75) is 45.3 Å². The Balaban J connectivity index is 2.06. The fourth-order valence-corrected chi connectivity index (χ4v) is 2.85. The maximum Gasteiger partial charge on any atom is 0.0908 e. The monoisotopic (exact) mass is 170 g/mol. The second kappa shape index (κ2) is 2.05. The van der Waals surface area contributed by atoms with Crippen molar-refractivity contribution >= 4 is 0 Å². The number of hydrogen-bond donors (Lipinski definition) is 2. The maximum atomic E-state index is 9.95. The first-order valence-electron chi connectivity index (χ1n) is 4.78. The van der Waals surface area contributed by atoms with Crippen molar-refractivity contribution in [1.29, 1.82) is 0 Å². The second-order valence-corrected chi connectivity index (χ2v) is 5.22. The molecule has 0 radical (unpaired) electrons. The summed E-state index contributed by atoms with van der Waals surface area (Å²) < 4.78 is 0. The van der Waals surface area contributed by atoms with Gasteiger partial charge in [0.2, 0.25) is 0 Å². The molecule has 2 N–H and O–H groups in total. The first kappa shape index (κ1) is 8.52. The molecule has 2 fully saturated rings. The number of fused-ring (bicyclic) bond motifs is 1. The largest absolute Gasteiger partial charge is 0.390 e. The lowest BCUT2D eigenvalue weighted by molar-refractivity contribution is -0.0744. The van der Waals surface area contributed by atoms with Gasteiger partial charge in [-0.3, -0.25) is 0 Å². The fourth-order valence-electron chi connectivity index (χ4n) is 2.85. The van der Waals surface area contributed by atoms with Crippen molar-refractivity contribution in [3.8, 4) is 0 Å². The lowest BCUT2D eigenvalue weighted by Gasteiger charge is -2.30. The van der Waals surface area contributed by atoms with Gasteiger partial charge in [-0.2, -0.15) is 0 Å². The van der Waals surface area contributed by atoms with E-state index in [0.717, 1.165) is 12.8 Å². The van der Waals surface area contributed by atoms with Crippen LogP contribution in [0.1, 0.15) is 33.6 Å². The molecule has 70 valence electrons. The van der Waals surface area contributed by atoms with Gasteiger partial charge in [0.15, 0.2) is 0 Å². The summed E-state index contributed by atoms with van der Waals surface area (Å²) in [7, 11) is 0. The van der Waals surface area contributed by atoms with E-state index in [-0.39, 0.29) is 0 Å². The van der Waals surface area contributed by atoms with Crippen LogP contribution in [0.25, 0.3) is 0 Å². The van der Waals surface area contributed by atoms with E-state index in [4.69, 9.17) is 0 Å². The molecule has 0 amide bonds. The highest BCUT2D eigenvalue weighted by atomic mass is 16.3. The smallest absolute Gasteiger partial charge is 0.0908 e. The zero-order chi connectivity index (χ0) is 9.15. The molecular formula is C10H18O2. The van der Waals surface area contributed by atoms with E-state index in [1.165, 1.54) is 0 Å². The molecule has 2 aliphatic rings. The first-order valence-corrected chi connectivity index (χ1v) is 4.78. The van der Waals surface area contributed by atoms with Crippen LogP contribution in [-0.2, 0) is 0 Å². The van der Waals surface area contributed by atoms with Crippen LogP contribution in [0.3, 0.4) is 0 Å². The molecule has 2 rings (SSSR count). The van der Waals surface area contributed by atoms with Crippen LogP contribution in [0.2, 0.25) is 0 Å². The highest BCUT2D eigenvalue weighted by molar-refractivity contribution is 5.16. The van der Waals surface area contributed by atoms with Gasteiger partial charge in [-0.15, -0.1) is 0 Å². The minimum atomic E-state index is -0.773. The van der Waals surface area contributed by atoms with Crippen molar-refractivity contribution in [3.05, 3.63) is 0 Å². The highest BCUT2D eigenvalue weighted by Crippen LogP contribution is 2.69. The fraction of sp³-hybridized carbons (Fsp3) is 1.00. The molecule has 4 atom stereocenters. The van der Waals surface area contributed by atoms with E-state index in [9.17, 15) is 10.2 Å². The summed E-state index contributed by atoms with van der Waals surface area (Å²) in [5.41, 5.74) is -0.341. The molecule has 0 saturated heterocycles. The molecule has 0 aromatic rings. The minimum Gasteiger partial charge on any atom is -0.390 e. The van der Waals surface area contributed by atoms with Gasteiger partial charge in [0.25, 0.3) is 0 Å². The Morgan fingerprint density at radius 2 is 1.67 bits per heavy atom. The third-order valence-electron chi connectivity index (χ3n) is 4.21. The number of hydrogen-bond acceptors (Lipinski definition) is 2. The third-order valence-corrected chi connectivity index (χ3v) is 4.21. The number of rotatable bonds is 1. The van der Waals surface area contributed by atoms with E-state index in [2.05, 4.69) is 13.8 Å². The van der Waals surface area contributed by atoms with Crippen molar-refractivity contribution in [2.24, 2.45) is 17.3 Å². The summed E-state index contributed by atoms with van der Waals surface area (Å²) in [6, 6.07) is 0. The van der Waals surface area contributed by atoms with E-state index in [1.807, 2.05) is 0 Å². The van der Waals surface area contributed by atoms with Gasteiger partial charge >= 0.3 is 0 Å². The standard InChI is InChI=1S/C10H18O2/c1-6(11)10(12)4-7-8(5-10)9(7,2)3/h6-8,11-12H,4-5H2,1-3H3/t6?,7-,8+,10?. The van der Waals surface area contributed by atoms with Gasteiger partial charge in [-0.1, -0.05) is 13.8 Å². The summed E-state index contributed by atoms with van der Waals surface area (Å²) in [6.07, 6.45) is 1.02. The molecule has 0 spiro atoms. The zero-order valence-electron chi connectivity index (χ0n) is 8.04. The molecular weight excluding hydrogens is 152 g/mol. The van der Waals surface area contributed by atoms with E-state index in [0.29, 0.717) is 17.3 Å². The third kappa shape index (κ3) is 0.882. The van der Waals surface area contributed by atoms with Crippen molar-refractivity contribution in [1.82, 2.24) is 0 Å². The molecule has 12 heavy (non-hydrogen) atoms. The molecule has 2 heteroatoms. The second-order valence-electron chi connectivity index (χ2n) is 5.22. The number of aliphatic hydroxyl groups excluding tert-OH is 1. The van der Waals surface area contributed by atoms with Crippen LogP contribution in [-0.4, -0.2) is 21.9 Å². The van der Waals surface area contributed by atoms with Crippen LogP contribution in [0.15, 0.2) is 0 Å². The van der Waals surface area contributed by atoms with E-state index >= 15 is 0 Å². The average molecular weight is 170 g/mol. The predicted octanol–water partition coefficient (Wildman–Crippen LogP) is 1.16. The van der Waals surface area contributed by atoms with Crippen molar-refractivity contribution < 1.29 is 10.2 Å². The molecule has 0 bridgehead atoms. The van der Waals surface area contributed by atoms with Gasteiger partial charge in [-0.25, -0.2) is 0 Å². The Morgan fingerprint density at radius 3 is 2.00 bits per heavy atom. The zero-order valence-corrected chi connectivity index (χ0v) is 8.04. The maximum absolute atomic E-state index is 9.95. The van der Waals surface area contributed by atoms with Crippen LogP contribution in [0, 0.1) is 17.3 Å². The molecule has 2 nitrogen and oxygen atoms in total. The van der Waals surface area contributed by atoms with E-state index in [1.54, 1.807) is 6.92 Å². The molecule has 2 saturated carbocycles. The minimum absolute atomic E-state index is 0.432. The van der Waals surface area contributed by atoms with Crippen LogP contribution in [0.4, 0.5) is 0 Å². The van der Waals surface area contributed by atoms with Gasteiger partial charge in [0, 0.05) is 0 Å². The van der Waals surface area contributed by atoms with Crippen LogP contribution < -0.4 is 0 Å². The SMILES string of the molecule is CC(O)C1(O)C[C@@H]2[C@H](C1)C2(C)C. The van der Waals surface area contributed by atoms with Gasteiger partial charge in [0.05, 0.1) is 11.7 Å². The topological polar surface area (TPSA) is 40.5 Å². The van der Waals surface area contributed by atoms with E-state index < -0.39 is 11.7 Å². The Morgan fingerprint density at radius 1 is 1.25 bits per heavy atom. The summed E-state index contributed by atoms with van der Waals surface area (Å²) in [4.78, 5) is 0. The summed E-state index contributed by atoms with van der Waals surface area (Å²) >= 11 is 0. The lowest BCUT2D eigenvalue weighted by atomic mass is 9.86. The molecule has 2 unspecified atom stereocenters. The molecule has 2 aliphatic carbocycles. The quantitative estimate of drug-likeness (QED) is 0.620. The summed E-state index contributed by atoms with van der Waals surface area (Å²) in [5.74, 6) is 1.30. The summed E-state index contributed by atoms with van der Waals surface area (Å²) in [6.45, 7) is 6.20. The van der Waals surface area contributed by atoms with Crippen LogP contribution in [0.5, 0.6) is 0 Å². The average Bonchev–Trinajstić information content (AvgIpc) is 2.38. The molecule has 0 heterocycles. The van der Waals surface area contributed by atoms with Gasteiger partial charge < -0.3 is 10.2 Å². The van der Waals surface area contributed by atoms with Gasteiger partial charge in [-0.05, 0) is 37.0 Å². The predicted molar refractivity (Wildman–Crippen MR) is 46.6 cm³/mol. The normalized spacial score (nSPS) is 51.8. The number of aliphatic hydroxyl groups is 2. The molecule has 0 aromatic heterocycles. The Bertz CT molecular complexity index is 194. The van der Waals surface area contributed by atoms with Crippen molar-refractivity contribution in [2.75, 3.05) is 0 Å². The molecule has 0 aliphatic heterocycles. The Kier molecular flexibility index (Phi) is 1.45. The first-order chi connectivity index (χ1) is 5.38. The Labute approximate surface area is 73.6 Å². The van der Waals surface area contributed by atoms with Gasteiger partial charge in [0.1, 0.15) is 0 Å². The lowest BCUT2D eigenvalue weighted by Crippen LogP contribution is -2.40. The highest BCUT2D eigenvalue weighted by Gasteiger charge is 2.66.